The average molecular weight is 270 g/mol. The molecule has 0 aromatic heterocycles. The fourth-order valence-electron chi connectivity index (χ4n) is 2.31. The quantitative estimate of drug-likeness (QED) is 0.468. The maximum Gasteiger partial charge on any atom is 0.249 e. The number of hydrogen-bond donors (Lipinski definition) is 1. The van der Waals surface area contributed by atoms with Gasteiger partial charge < -0.3 is 5.73 Å². The highest BCUT2D eigenvalue weighted by atomic mass is 16.3. The minimum Gasteiger partial charge on any atom is -0.367 e. The molecule has 0 spiro atoms. The summed E-state index contributed by atoms with van der Waals surface area (Å²) in [5.41, 5.74) is 4.92. The third-order valence-corrected chi connectivity index (χ3v) is 3.64. The van der Waals surface area contributed by atoms with E-state index in [2.05, 4.69) is 6.92 Å². The van der Waals surface area contributed by atoms with E-state index in [1.54, 1.807) is 0 Å². The molecule has 19 heavy (non-hydrogen) atoms. The van der Waals surface area contributed by atoms with Gasteiger partial charge in [0.25, 0.3) is 0 Å². The highest BCUT2D eigenvalue weighted by molar-refractivity contribution is 5.78. The lowest BCUT2D eigenvalue weighted by Gasteiger charge is -2.04. The Labute approximate surface area is 119 Å². The van der Waals surface area contributed by atoms with Crippen LogP contribution in [0.2, 0.25) is 0 Å². The van der Waals surface area contributed by atoms with Crippen LogP contribution in [0.15, 0.2) is 0 Å². The molecule has 2 N–H and O–H groups in total. The average Bonchev–Trinajstić information content (AvgIpc) is 2.39. The molecule has 0 bridgehead atoms. The van der Waals surface area contributed by atoms with Gasteiger partial charge in [0.05, 0.1) is 0 Å². The van der Waals surface area contributed by atoms with E-state index in [0.717, 1.165) is 12.8 Å². The highest BCUT2D eigenvalue weighted by Crippen LogP contribution is 2.12. The minimum atomic E-state index is -1.19. The number of amides is 1. The molecule has 0 fully saturated rings. The fraction of sp³-hybridized carbons (Fsp3) is 0.938. The number of hydrogen-bond acceptors (Lipinski definition) is 1. The third-order valence-electron chi connectivity index (χ3n) is 3.64. The lowest BCUT2D eigenvalue weighted by atomic mass is 10.0. The van der Waals surface area contributed by atoms with Crippen molar-refractivity contribution in [2.45, 2.75) is 96.5 Å². The number of carbonyl (C=O) groups is 1. The van der Waals surface area contributed by atoms with Crippen molar-refractivity contribution in [2.24, 2.45) is 5.73 Å². The van der Waals surface area contributed by atoms with Crippen LogP contribution in [0.25, 0.3) is 0 Å². The second-order valence-corrected chi connectivity index (χ2v) is 5.57. The summed E-state index contributed by atoms with van der Waals surface area (Å²) in [5.74, 6) is -0.705. The molecule has 113 valence electrons. The van der Waals surface area contributed by atoms with E-state index in [4.69, 9.17) is 5.73 Å². The maximum absolute atomic E-state index is 11.0. The van der Waals surface area contributed by atoms with Gasteiger partial charge in [0.1, 0.15) is 0 Å². The molecule has 0 saturated heterocycles. The smallest absolute Gasteiger partial charge is 0.249 e. The van der Waals surface area contributed by atoms with E-state index < -0.39 is 12.0 Å². The van der Waals surface area contributed by atoms with E-state index in [1.165, 1.54) is 64.2 Å². The van der Waals surface area contributed by atoms with Crippen LogP contribution in [0.1, 0.15) is 90.4 Å². The molecule has 0 aliphatic carbocycles. The second kappa shape index (κ2) is 13.9. The molecule has 1 radical (unpaired) electrons. The maximum atomic E-state index is 11.0. The molecule has 0 aromatic carbocycles. The fourth-order valence-corrected chi connectivity index (χ4v) is 2.31. The van der Waals surface area contributed by atoms with Gasteiger partial charge in [-0.3, -0.25) is 4.79 Å². The summed E-state index contributed by atoms with van der Waals surface area (Å²) in [7, 11) is 0. The summed E-state index contributed by atoms with van der Waals surface area (Å²) in [5, 5.41) is 11.0. The topological polar surface area (TPSA) is 63.0 Å². The number of unbranched alkanes of at least 4 members (excludes halogenated alkanes) is 11. The Morgan fingerprint density at radius 2 is 1.16 bits per heavy atom. The van der Waals surface area contributed by atoms with Crippen LogP contribution in [0, 0.1) is 0 Å². The first-order valence-corrected chi connectivity index (χ1v) is 8.13. The zero-order valence-corrected chi connectivity index (χ0v) is 12.7. The molecule has 1 unspecified atom stereocenters. The first kappa shape index (κ1) is 18.4. The number of primary amides is 1. The van der Waals surface area contributed by atoms with Gasteiger partial charge in [-0.25, -0.2) is 5.11 Å². The number of nitrogens with two attached hydrogens (primary N) is 1. The van der Waals surface area contributed by atoms with E-state index >= 15 is 0 Å². The zero-order chi connectivity index (χ0) is 14.3. The van der Waals surface area contributed by atoms with Gasteiger partial charge in [0.2, 0.25) is 5.91 Å². The summed E-state index contributed by atoms with van der Waals surface area (Å²) in [6.45, 7) is 2.25. The summed E-state index contributed by atoms with van der Waals surface area (Å²) in [4.78, 5) is 10.5. The Balaban J connectivity index is 3.05. The SMILES string of the molecule is CCCCCCCCCCCCCCC([O])C(N)=O. The van der Waals surface area contributed by atoms with Crippen LogP contribution in [0.4, 0.5) is 0 Å². The third kappa shape index (κ3) is 13.7. The zero-order valence-electron chi connectivity index (χ0n) is 12.7. The van der Waals surface area contributed by atoms with Crippen LogP contribution in [-0.2, 0) is 9.90 Å². The molecule has 0 aromatic rings. The van der Waals surface area contributed by atoms with Crippen LogP contribution in [0.3, 0.4) is 0 Å². The lowest BCUT2D eigenvalue weighted by Crippen LogP contribution is -2.26. The van der Waals surface area contributed by atoms with Gasteiger partial charge in [-0.15, -0.1) is 0 Å². The highest BCUT2D eigenvalue weighted by Gasteiger charge is 2.11. The second-order valence-electron chi connectivity index (χ2n) is 5.57. The molecule has 0 aliphatic heterocycles. The van der Waals surface area contributed by atoms with Crippen LogP contribution in [-0.4, -0.2) is 12.0 Å². The van der Waals surface area contributed by atoms with Gasteiger partial charge in [0, 0.05) is 0 Å². The normalized spacial score (nSPS) is 12.5. The van der Waals surface area contributed by atoms with Gasteiger partial charge in [0.15, 0.2) is 6.10 Å². The Hall–Kier alpha value is -0.570. The van der Waals surface area contributed by atoms with E-state index in [-0.39, 0.29) is 0 Å². The summed E-state index contributed by atoms with van der Waals surface area (Å²) in [6.07, 6.45) is 14.5. The standard InChI is InChI=1S/C16H32NO2/c1-2-3-4-5-6-7-8-9-10-11-12-13-14-15(18)16(17)19/h15H,2-14H2,1H3,(H2,17,19). The molecule has 3 heteroatoms. The predicted octanol–water partition coefficient (Wildman–Crippen LogP) is 4.36. The Morgan fingerprint density at radius 3 is 1.53 bits per heavy atom. The van der Waals surface area contributed by atoms with E-state index in [1.807, 2.05) is 0 Å². The monoisotopic (exact) mass is 270 g/mol. The molecule has 0 rings (SSSR count). The van der Waals surface area contributed by atoms with Crippen molar-refractivity contribution in [3.63, 3.8) is 0 Å². The van der Waals surface area contributed by atoms with E-state index in [0.29, 0.717) is 6.42 Å². The molecular formula is C16H32NO2. The van der Waals surface area contributed by atoms with Crippen LogP contribution < -0.4 is 5.73 Å². The van der Waals surface area contributed by atoms with Crippen molar-refractivity contribution in [1.82, 2.24) is 0 Å². The van der Waals surface area contributed by atoms with E-state index in [9.17, 15) is 9.90 Å². The number of rotatable bonds is 14. The van der Waals surface area contributed by atoms with Gasteiger partial charge in [-0.2, -0.15) is 0 Å². The molecule has 1 amide bonds. The van der Waals surface area contributed by atoms with Crippen molar-refractivity contribution in [2.75, 3.05) is 0 Å². The van der Waals surface area contributed by atoms with Crippen molar-refractivity contribution < 1.29 is 9.90 Å². The number of carbonyl (C=O) groups excluding carboxylic acids is 1. The Bertz CT molecular complexity index is 207. The molecule has 1 atom stereocenters. The predicted molar refractivity (Wildman–Crippen MR) is 79.4 cm³/mol. The summed E-state index contributed by atoms with van der Waals surface area (Å²) in [6, 6.07) is 0. The van der Waals surface area contributed by atoms with Gasteiger partial charge >= 0.3 is 0 Å². The summed E-state index contributed by atoms with van der Waals surface area (Å²) < 4.78 is 0. The molecule has 0 aliphatic rings. The molecule has 3 nitrogen and oxygen atoms in total. The van der Waals surface area contributed by atoms with Crippen LogP contribution in [0.5, 0.6) is 0 Å². The van der Waals surface area contributed by atoms with Gasteiger partial charge in [-0.1, -0.05) is 84.0 Å². The molecular weight excluding hydrogens is 238 g/mol. The molecule has 0 saturated carbocycles. The largest absolute Gasteiger partial charge is 0.367 e. The minimum absolute atomic E-state index is 0.409. The van der Waals surface area contributed by atoms with Crippen LogP contribution >= 0.6 is 0 Å². The first-order chi connectivity index (χ1) is 9.18. The van der Waals surface area contributed by atoms with Gasteiger partial charge in [-0.05, 0) is 6.42 Å². The molecule has 0 heterocycles. The Morgan fingerprint density at radius 1 is 0.789 bits per heavy atom. The Kier molecular flexibility index (Phi) is 13.4. The summed E-state index contributed by atoms with van der Waals surface area (Å²) >= 11 is 0. The van der Waals surface area contributed by atoms with Crippen molar-refractivity contribution >= 4 is 5.91 Å². The van der Waals surface area contributed by atoms with Crippen molar-refractivity contribution in [3.05, 3.63) is 0 Å². The lowest BCUT2D eigenvalue weighted by molar-refractivity contribution is -0.129. The van der Waals surface area contributed by atoms with Crippen molar-refractivity contribution in [1.29, 1.82) is 0 Å². The van der Waals surface area contributed by atoms with Crippen molar-refractivity contribution in [3.8, 4) is 0 Å². The first-order valence-electron chi connectivity index (χ1n) is 8.13.